The molecule has 0 heterocycles. The summed E-state index contributed by atoms with van der Waals surface area (Å²) in [7, 11) is 0. The van der Waals surface area contributed by atoms with E-state index in [9.17, 15) is 9.59 Å². The van der Waals surface area contributed by atoms with Crippen molar-refractivity contribution in [1.82, 2.24) is 10.6 Å². The van der Waals surface area contributed by atoms with E-state index < -0.39 is 0 Å². The van der Waals surface area contributed by atoms with Crippen LogP contribution in [0, 0.1) is 5.92 Å². The minimum atomic E-state index is -0.0163. The summed E-state index contributed by atoms with van der Waals surface area (Å²) in [6.45, 7) is 14.3. The molecule has 0 fully saturated rings. The maximum atomic E-state index is 12.3. The maximum Gasteiger partial charge on any atom is 0.152 e. The van der Waals surface area contributed by atoms with E-state index in [-0.39, 0.29) is 18.0 Å². The van der Waals surface area contributed by atoms with Crippen molar-refractivity contribution in [3.8, 4) is 0 Å². The molecule has 0 rings (SSSR count). The second kappa shape index (κ2) is 14.6. The normalized spacial score (nSPS) is 14.2. The van der Waals surface area contributed by atoms with Crippen molar-refractivity contribution >= 4 is 23.3 Å². The highest BCUT2D eigenvalue weighted by atomic mass is 32.2. The maximum absolute atomic E-state index is 12.3. The molecule has 0 aromatic heterocycles. The Bertz CT molecular complexity index is 397. The fourth-order valence-corrected chi connectivity index (χ4v) is 3.93. The van der Waals surface area contributed by atoms with Gasteiger partial charge in [-0.3, -0.25) is 9.59 Å². The number of rotatable bonds is 16. The molecule has 0 aliphatic carbocycles. The van der Waals surface area contributed by atoms with Gasteiger partial charge in [0, 0.05) is 24.4 Å². The first-order chi connectivity index (χ1) is 12.2. The lowest BCUT2D eigenvalue weighted by Crippen LogP contribution is -2.42. The number of carbonyl (C=O) groups is 2. The SMILES string of the molecule is CCC(=O)C(CCCSCCCC(NC(C)C)C(=O)C(C)C)NC(C)C. The number of carbonyl (C=O) groups excluding carboxylic acids is 2. The van der Waals surface area contributed by atoms with Gasteiger partial charge in [-0.2, -0.15) is 11.8 Å². The molecule has 2 N–H and O–H groups in total. The predicted molar refractivity (Wildman–Crippen MR) is 115 cm³/mol. The number of nitrogens with one attached hydrogen (secondary N) is 2. The van der Waals surface area contributed by atoms with Gasteiger partial charge >= 0.3 is 0 Å². The third-order valence-electron chi connectivity index (χ3n) is 4.28. The van der Waals surface area contributed by atoms with Crippen LogP contribution in [0.5, 0.6) is 0 Å². The van der Waals surface area contributed by atoms with Crippen LogP contribution >= 0.6 is 11.8 Å². The van der Waals surface area contributed by atoms with Crippen molar-refractivity contribution in [1.29, 1.82) is 0 Å². The largest absolute Gasteiger partial charge is 0.305 e. The lowest BCUT2D eigenvalue weighted by atomic mass is 9.97. The Morgan fingerprint density at radius 2 is 1.27 bits per heavy atom. The Morgan fingerprint density at radius 1 is 0.808 bits per heavy atom. The van der Waals surface area contributed by atoms with Crippen molar-refractivity contribution in [3.05, 3.63) is 0 Å². The third kappa shape index (κ3) is 12.1. The van der Waals surface area contributed by atoms with Crippen LogP contribution in [0.2, 0.25) is 0 Å². The van der Waals surface area contributed by atoms with Crippen LogP contribution in [0.4, 0.5) is 0 Å². The van der Waals surface area contributed by atoms with Crippen molar-refractivity contribution in [2.24, 2.45) is 5.92 Å². The summed E-state index contributed by atoms with van der Waals surface area (Å²) in [5.41, 5.74) is 0. The van der Waals surface area contributed by atoms with Crippen molar-refractivity contribution in [2.75, 3.05) is 11.5 Å². The van der Waals surface area contributed by atoms with Gasteiger partial charge in [0.2, 0.25) is 0 Å². The molecule has 0 radical (unpaired) electrons. The zero-order chi connectivity index (χ0) is 20.1. The average molecular weight is 387 g/mol. The molecule has 0 saturated carbocycles. The number of hydrogen-bond acceptors (Lipinski definition) is 5. The molecule has 2 atom stereocenters. The van der Waals surface area contributed by atoms with Crippen molar-refractivity contribution in [2.45, 2.75) is 105 Å². The van der Waals surface area contributed by atoms with Crippen LogP contribution in [0.25, 0.3) is 0 Å². The molecule has 0 bridgehead atoms. The molecule has 5 heteroatoms. The van der Waals surface area contributed by atoms with Gasteiger partial charge in [0.25, 0.3) is 0 Å². The Balaban J connectivity index is 4.05. The highest BCUT2D eigenvalue weighted by Crippen LogP contribution is 2.13. The van der Waals surface area contributed by atoms with Gasteiger partial charge in [0.05, 0.1) is 12.1 Å². The van der Waals surface area contributed by atoms with Crippen LogP contribution < -0.4 is 10.6 Å². The highest BCUT2D eigenvalue weighted by Gasteiger charge is 2.21. The quantitative estimate of drug-likeness (QED) is 0.389. The number of hydrogen-bond donors (Lipinski definition) is 2. The number of ketones is 2. The molecular formula is C21H42N2O2S. The summed E-state index contributed by atoms with van der Waals surface area (Å²) in [6.07, 6.45) is 4.54. The molecule has 0 aromatic carbocycles. The average Bonchev–Trinajstić information content (AvgIpc) is 2.56. The van der Waals surface area contributed by atoms with E-state index in [1.54, 1.807) is 0 Å². The molecule has 0 aliphatic rings. The first-order valence-corrected chi connectivity index (χ1v) is 11.5. The van der Waals surface area contributed by atoms with Gasteiger partial charge in [-0.15, -0.1) is 0 Å². The topological polar surface area (TPSA) is 58.2 Å². The molecule has 4 nitrogen and oxygen atoms in total. The van der Waals surface area contributed by atoms with Crippen LogP contribution in [0.15, 0.2) is 0 Å². The van der Waals surface area contributed by atoms with Crippen LogP contribution in [0.1, 0.15) is 80.6 Å². The fourth-order valence-electron chi connectivity index (χ4n) is 2.98. The molecule has 0 aromatic rings. The summed E-state index contributed by atoms with van der Waals surface area (Å²) >= 11 is 1.94. The molecule has 0 spiro atoms. The predicted octanol–water partition coefficient (Wildman–Crippen LogP) is 4.22. The zero-order valence-corrected chi connectivity index (χ0v) is 18.9. The second-order valence-electron chi connectivity index (χ2n) is 8.02. The van der Waals surface area contributed by atoms with E-state index >= 15 is 0 Å². The van der Waals surface area contributed by atoms with Gasteiger partial charge in [0.15, 0.2) is 5.78 Å². The van der Waals surface area contributed by atoms with Crippen LogP contribution in [0.3, 0.4) is 0 Å². The zero-order valence-electron chi connectivity index (χ0n) is 18.1. The van der Waals surface area contributed by atoms with Gasteiger partial charge < -0.3 is 10.6 Å². The fraction of sp³-hybridized carbons (Fsp3) is 0.905. The van der Waals surface area contributed by atoms with Crippen LogP contribution in [-0.4, -0.2) is 47.2 Å². The van der Waals surface area contributed by atoms with Crippen LogP contribution in [-0.2, 0) is 9.59 Å². The molecule has 154 valence electrons. The first kappa shape index (κ1) is 25.6. The summed E-state index contributed by atoms with van der Waals surface area (Å²) < 4.78 is 0. The highest BCUT2D eigenvalue weighted by molar-refractivity contribution is 7.99. The minimum Gasteiger partial charge on any atom is -0.305 e. The van der Waals surface area contributed by atoms with E-state index in [0.717, 1.165) is 37.2 Å². The van der Waals surface area contributed by atoms with E-state index in [1.807, 2.05) is 32.5 Å². The standard InChI is InChI=1S/C21H42N2O2S/c1-8-20(24)18(22-16(4)5)11-9-13-26-14-10-12-19(23-17(6)7)21(25)15(2)3/h15-19,22-23H,8-14H2,1-7H3. The minimum absolute atomic E-state index is 0.00360. The van der Waals surface area contributed by atoms with Gasteiger partial charge in [0.1, 0.15) is 5.78 Å². The first-order valence-electron chi connectivity index (χ1n) is 10.3. The lowest BCUT2D eigenvalue weighted by molar-refractivity contribution is -0.124. The van der Waals surface area contributed by atoms with Gasteiger partial charge in [-0.1, -0.05) is 48.5 Å². The molecule has 2 unspecified atom stereocenters. The summed E-state index contributed by atoms with van der Waals surface area (Å²) in [6, 6.07) is 0.658. The smallest absolute Gasteiger partial charge is 0.152 e. The Labute approximate surface area is 166 Å². The molecule has 26 heavy (non-hydrogen) atoms. The van der Waals surface area contributed by atoms with Crippen molar-refractivity contribution in [3.63, 3.8) is 0 Å². The van der Waals surface area contributed by atoms with E-state index in [1.165, 1.54) is 0 Å². The molecule has 0 aliphatic heterocycles. The van der Waals surface area contributed by atoms with E-state index in [4.69, 9.17) is 0 Å². The third-order valence-corrected chi connectivity index (χ3v) is 5.44. The Kier molecular flexibility index (Phi) is 14.4. The number of Topliss-reactive ketones (excluding diaryl/α,β-unsaturated/α-hetero) is 2. The second-order valence-corrected chi connectivity index (χ2v) is 9.25. The molecular weight excluding hydrogens is 344 g/mol. The van der Waals surface area contributed by atoms with E-state index in [2.05, 4.69) is 38.3 Å². The van der Waals surface area contributed by atoms with Gasteiger partial charge in [-0.05, 0) is 37.2 Å². The van der Waals surface area contributed by atoms with E-state index in [0.29, 0.717) is 30.1 Å². The molecule has 0 amide bonds. The summed E-state index contributed by atoms with van der Waals surface area (Å²) in [5.74, 6) is 2.88. The molecule has 0 saturated heterocycles. The van der Waals surface area contributed by atoms with Crippen molar-refractivity contribution < 1.29 is 9.59 Å². The monoisotopic (exact) mass is 386 g/mol. The summed E-state index contributed by atoms with van der Waals surface area (Å²) in [5, 5.41) is 6.79. The number of thioether (sulfide) groups is 1. The summed E-state index contributed by atoms with van der Waals surface area (Å²) in [4.78, 5) is 24.3. The Hall–Kier alpha value is -0.390. The van der Waals surface area contributed by atoms with Gasteiger partial charge in [-0.25, -0.2) is 0 Å². The lowest BCUT2D eigenvalue weighted by Gasteiger charge is -2.22. The Morgan fingerprint density at radius 3 is 1.69 bits per heavy atom.